The zero-order valence-corrected chi connectivity index (χ0v) is 25.4. The molecule has 0 atom stereocenters. The summed E-state index contributed by atoms with van der Waals surface area (Å²) in [5.74, 6) is -1.02. The highest BCUT2D eigenvalue weighted by atomic mass is 19.1. The van der Waals surface area contributed by atoms with Crippen molar-refractivity contribution in [2.45, 2.75) is 32.4 Å². The Kier molecular flexibility index (Phi) is 7.05. The van der Waals surface area contributed by atoms with Crippen molar-refractivity contribution in [3.8, 4) is 22.9 Å². The molecule has 1 aliphatic carbocycles. The molecule has 5 aromatic rings. The van der Waals surface area contributed by atoms with Gasteiger partial charge in [0.2, 0.25) is 10.9 Å². The first-order valence-corrected chi connectivity index (χ1v) is 15.8. The van der Waals surface area contributed by atoms with Crippen molar-refractivity contribution in [2.75, 3.05) is 62.2 Å². The average Bonchev–Trinajstić information content (AvgIpc) is 3.82. The zero-order valence-electron chi connectivity index (χ0n) is 25.4. The SMILES string of the molecule is CCn1cc(-c2nnc(-c3cn(C4CC4)c4cc(N5CCNCC5)c(F)cc4c3=O)o2)c(=O)c2cc(F)c(N3CCNCC3)nc21. The van der Waals surface area contributed by atoms with E-state index in [1.807, 2.05) is 21.3 Å². The summed E-state index contributed by atoms with van der Waals surface area (Å²) >= 11 is 0. The lowest BCUT2D eigenvalue weighted by Crippen LogP contribution is -2.44. The molecule has 2 aliphatic heterocycles. The van der Waals surface area contributed by atoms with Crippen molar-refractivity contribution in [1.82, 2.24) is 34.9 Å². The fourth-order valence-electron chi connectivity index (χ4n) is 6.52. The fraction of sp³-hybridized carbons (Fsp3) is 0.406. The highest BCUT2D eigenvalue weighted by Crippen LogP contribution is 2.39. The van der Waals surface area contributed by atoms with Gasteiger partial charge in [-0.1, -0.05) is 0 Å². The summed E-state index contributed by atoms with van der Waals surface area (Å²) in [5, 5.41) is 15.1. The zero-order chi connectivity index (χ0) is 31.5. The molecular weight excluding hydrogens is 596 g/mol. The maximum atomic E-state index is 15.5. The van der Waals surface area contributed by atoms with Gasteiger partial charge in [0.15, 0.2) is 11.6 Å². The quantitative estimate of drug-likeness (QED) is 0.290. The van der Waals surface area contributed by atoms with E-state index in [9.17, 15) is 9.59 Å². The first-order valence-electron chi connectivity index (χ1n) is 15.8. The number of pyridine rings is 3. The van der Waals surface area contributed by atoms with Crippen LogP contribution in [0.1, 0.15) is 25.8 Å². The number of piperazine rings is 2. The molecule has 2 saturated heterocycles. The summed E-state index contributed by atoms with van der Waals surface area (Å²) in [7, 11) is 0. The van der Waals surface area contributed by atoms with Crippen LogP contribution in [0.2, 0.25) is 0 Å². The van der Waals surface area contributed by atoms with Gasteiger partial charge in [0.25, 0.3) is 11.8 Å². The first-order chi connectivity index (χ1) is 22.4. The fourth-order valence-corrected chi connectivity index (χ4v) is 6.52. The molecule has 0 amide bonds. The van der Waals surface area contributed by atoms with Crippen LogP contribution in [0, 0.1) is 11.6 Å². The number of aryl methyl sites for hydroxylation is 1. The predicted molar refractivity (Wildman–Crippen MR) is 171 cm³/mol. The number of halogens is 2. The Morgan fingerprint density at radius 1 is 0.826 bits per heavy atom. The van der Waals surface area contributed by atoms with Gasteiger partial charge in [-0.2, -0.15) is 0 Å². The topological polar surface area (TPSA) is 126 Å². The van der Waals surface area contributed by atoms with E-state index in [1.54, 1.807) is 23.0 Å². The van der Waals surface area contributed by atoms with Gasteiger partial charge in [0.05, 0.1) is 16.6 Å². The second-order valence-electron chi connectivity index (χ2n) is 12.0. The number of hydrogen-bond acceptors (Lipinski definition) is 10. The van der Waals surface area contributed by atoms with Gasteiger partial charge in [-0.15, -0.1) is 10.2 Å². The van der Waals surface area contributed by atoms with Gasteiger partial charge in [-0.05, 0) is 38.0 Å². The van der Waals surface area contributed by atoms with E-state index in [-0.39, 0.29) is 45.5 Å². The van der Waals surface area contributed by atoms with Crippen LogP contribution in [0.4, 0.5) is 20.3 Å². The number of rotatable bonds is 6. The normalized spacial score (nSPS) is 17.4. The second-order valence-corrected chi connectivity index (χ2v) is 12.0. The molecule has 46 heavy (non-hydrogen) atoms. The molecule has 3 aliphatic rings. The largest absolute Gasteiger partial charge is 0.416 e. The van der Waals surface area contributed by atoms with E-state index in [0.717, 1.165) is 25.9 Å². The number of benzene rings is 1. The highest BCUT2D eigenvalue weighted by Gasteiger charge is 2.29. The van der Waals surface area contributed by atoms with Crippen LogP contribution < -0.4 is 31.3 Å². The molecule has 2 N–H and O–H groups in total. The molecular formula is C32H33F2N9O3. The molecule has 0 radical (unpaired) electrons. The molecule has 6 heterocycles. The molecule has 14 heteroatoms. The monoisotopic (exact) mass is 629 g/mol. The molecule has 3 fully saturated rings. The Morgan fingerprint density at radius 3 is 2.09 bits per heavy atom. The number of hydrogen-bond donors (Lipinski definition) is 2. The standard InChI is InChI=1S/C32H33F2N9O3/c1-2-40-16-21(28(45)20-14-24(34)30(37-29(20)40)42-11-7-36-8-12-42)31-38-39-32(46-31)22-17-43(18-3-4-18)25-15-26(41-9-5-35-6-10-41)23(33)13-19(25)27(22)44/h13-18,35-36H,2-12H2,1H3. The van der Waals surface area contributed by atoms with Crippen LogP contribution in [-0.2, 0) is 6.54 Å². The average molecular weight is 630 g/mol. The van der Waals surface area contributed by atoms with Gasteiger partial charge < -0.3 is 34.0 Å². The number of fused-ring (bicyclic) bond motifs is 2. The number of nitrogens with zero attached hydrogens (tertiary/aromatic N) is 7. The van der Waals surface area contributed by atoms with Gasteiger partial charge in [-0.25, -0.2) is 13.8 Å². The summed E-state index contributed by atoms with van der Waals surface area (Å²) in [6.07, 6.45) is 5.13. The first kappa shape index (κ1) is 28.8. The third kappa shape index (κ3) is 4.83. The van der Waals surface area contributed by atoms with E-state index in [2.05, 4.69) is 25.8 Å². The molecule has 4 aromatic heterocycles. The van der Waals surface area contributed by atoms with Crippen LogP contribution in [0.3, 0.4) is 0 Å². The smallest absolute Gasteiger partial charge is 0.253 e. The Bertz CT molecular complexity index is 2110. The van der Waals surface area contributed by atoms with Crippen LogP contribution in [0.25, 0.3) is 44.8 Å². The van der Waals surface area contributed by atoms with Crippen molar-refractivity contribution in [3.63, 3.8) is 0 Å². The lowest BCUT2D eigenvalue weighted by Gasteiger charge is -2.30. The molecule has 238 valence electrons. The third-order valence-corrected chi connectivity index (χ3v) is 9.13. The van der Waals surface area contributed by atoms with Gasteiger partial charge in [0, 0.05) is 82.7 Å². The summed E-state index contributed by atoms with van der Waals surface area (Å²) in [5.41, 5.74) is 0.728. The highest BCUT2D eigenvalue weighted by molar-refractivity contribution is 5.87. The summed E-state index contributed by atoms with van der Waals surface area (Å²) in [4.78, 5) is 35.9. The number of aromatic nitrogens is 5. The van der Waals surface area contributed by atoms with E-state index >= 15 is 8.78 Å². The van der Waals surface area contributed by atoms with Crippen molar-refractivity contribution in [1.29, 1.82) is 0 Å². The van der Waals surface area contributed by atoms with E-state index < -0.39 is 22.5 Å². The van der Waals surface area contributed by atoms with Crippen molar-refractivity contribution < 1.29 is 13.2 Å². The van der Waals surface area contributed by atoms with Crippen LogP contribution in [0.15, 0.2) is 44.6 Å². The number of nitrogens with one attached hydrogen (secondary N) is 2. The minimum atomic E-state index is -0.582. The molecule has 1 saturated carbocycles. The van der Waals surface area contributed by atoms with E-state index in [0.29, 0.717) is 62.7 Å². The van der Waals surface area contributed by atoms with Crippen LogP contribution in [-0.4, -0.2) is 76.7 Å². The Morgan fingerprint density at radius 2 is 1.43 bits per heavy atom. The summed E-state index contributed by atoms with van der Waals surface area (Å²) in [6.45, 7) is 7.85. The third-order valence-electron chi connectivity index (χ3n) is 9.13. The van der Waals surface area contributed by atoms with Gasteiger partial charge in [-0.3, -0.25) is 9.59 Å². The second kappa shape index (κ2) is 11.3. The predicted octanol–water partition coefficient (Wildman–Crippen LogP) is 2.88. The van der Waals surface area contributed by atoms with Crippen molar-refractivity contribution in [2.24, 2.45) is 0 Å². The Labute approximate surface area is 261 Å². The molecule has 0 spiro atoms. The van der Waals surface area contributed by atoms with E-state index in [1.165, 1.54) is 12.1 Å². The maximum Gasteiger partial charge on any atom is 0.253 e. The van der Waals surface area contributed by atoms with Crippen molar-refractivity contribution in [3.05, 3.63) is 62.7 Å². The molecule has 0 bridgehead atoms. The molecule has 12 nitrogen and oxygen atoms in total. The van der Waals surface area contributed by atoms with Gasteiger partial charge >= 0.3 is 0 Å². The molecule has 0 unspecified atom stereocenters. The lowest BCUT2D eigenvalue weighted by molar-refractivity contribution is 0.559. The van der Waals surface area contributed by atoms with Gasteiger partial charge in [0.1, 0.15) is 22.6 Å². The van der Waals surface area contributed by atoms with Crippen LogP contribution in [0.5, 0.6) is 0 Å². The molecule has 8 rings (SSSR count). The maximum absolute atomic E-state index is 15.5. The number of anilines is 2. The Balaban J connectivity index is 1.22. The lowest BCUT2D eigenvalue weighted by atomic mass is 10.1. The van der Waals surface area contributed by atoms with Crippen molar-refractivity contribution >= 4 is 33.4 Å². The summed E-state index contributed by atoms with van der Waals surface area (Å²) < 4.78 is 40.5. The molecule has 1 aromatic carbocycles. The minimum Gasteiger partial charge on any atom is -0.416 e. The van der Waals surface area contributed by atoms with E-state index in [4.69, 9.17) is 4.42 Å². The minimum absolute atomic E-state index is 0.0687. The Hall–Kier alpha value is -4.69. The van der Waals surface area contributed by atoms with Crippen LogP contribution >= 0.6 is 0 Å². The summed E-state index contributed by atoms with van der Waals surface area (Å²) in [6, 6.07) is 4.45.